The summed E-state index contributed by atoms with van der Waals surface area (Å²) in [5, 5.41) is 17.5. The average Bonchev–Trinajstić information content (AvgIpc) is 1.58. The largest absolute Gasteiger partial charge is 0.495 e. The first-order chi connectivity index (χ1) is 44.4. The SMILES string of the molecule is COc1cc2cc(c1Cl)N(C)C(=O)C[C@@H](OC(=O)[C@H](C)N(C)C(=O)CCN(C)C(=O)OCc1ccc(CC(=O)[C@@H](CCCNC(N)=O)NC(=O)[C@H](CC(=O)CCCCCN3C(=O)C=CC3=O)C(C)C)cc1)[C@]1(C)O[C@H]1[C@H](C)[C@@H]1C[C@](O)(CC(=O)O1)[C@H](OC)/C=C/C=C(\C)C2. The van der Waals surface area contributed by atoms with Crippen LogP contribution in [0.2, 0.25) is 5.02 Å². The number of ketones is 2. The Balaban J connectivity index is 1.03. The minimum atomic E-state index is -1.66. The maximum Gasteiger partial charge on any atom is 0.409 e. The number of methoxy groups -OCH3 is 2. The number of hydrogen-bond acceptors (Lipinski definition) is 18. The highest BCUT2D eigenvalue weighted by Gasteiger charge is 2.64. The molecule has 94 heavy (non-hydrogen) atoms. The minimum absolute atomic E-state index is 0.0158. The van der Waals surface area contributed by atoms with Gasteiger partial charge in [-0.3, -0.25) is 43.3 Å². The standard InChI is InChI=1S/C68H92ClN7O18/c1-40(2)48(35-47(77)18-13-12-14-29-76-57(80)25-26-58(76)81)63(84)72-49(19-16-28-71-65(70)86)51(78)33-44-21-23-45(24-22-44)39-91-66(87)73(7)30-27-56(79)74(8)43(5)64(85)93-55-36-59(82)75(9)50-32-46(34-52(89-10)61(50)69)31-41(3)17-15-20-54(90-11)68(88)37-53(92-60(83)38-68)42(4)62-67(55,6)94-62/h15,17,20-26,32,34,40,42-43,48-49,53-55,62,88H,12-14,16,18-19,27-31,33,35-39H2,1-11H3,(H,72,84)(H3,70,71,86)/b20-15+,41-17+/t42-,43+,48-,49-,53+,54-,55-,62+,67+,68+/m1/s1. The van der Waals surface area contributed by atoms with Crippen molar-refractivity contribution >= 4 is 82.5 Å². The van der Waals surface area contributed by atoms with Gasteiger partial charge < -0.3 is 64.6 Å². The summed E-state index contributed by atoms with van der Waals surface area (Å²) in [4.78, 5) is 149. The van der Waals surface area contributed by atoms with E-state index in [4.69, 9.17) is 45.8 Å². The van der Waals surface area contributed by atoms with Crippen molar-refractivity contribution in [3.05, 3.63) is 94.1 Å². The molecule has 5 N–H and O–H groups in total. The number of fused-ring (bicyclic) bond motifs is 5. The zero-order chi connectivity index (χ0) is 69.4. The third-order valence-corrected chi connectivity index (χ3v) is 18.4. The Labute approximate surface area is 554 Å². The molecule has 10 atom stereocenters. The second kappa shape index (κ2) is 33.9. The molecule has 0 unspecified atom stereocenters. The first-order valence-electron chi connectivity index (χ1n) is 31.8. The summed E-state index contributed by atoms with van der Waals surface area (Å²) >= 11 is 6.85. The molecule has 8 amide bonds. The lowest BCUT2D eigenvalue weighted by molar-refractivity contribution is -0.187. The molecule has 514 valence electrons. The number of benzene rings is 2. The maximum absolute atomic E-state index is 14.5. The maximum atomic E-state index is 14.5. The normalized spacial score (nSPS) is 24.0. The van der Waals surface area contributed by atoms with E-state index < -0.39 is 108 Å². The minimum Gasteiger partial charge on any atom is -0.495 e. The Morgan fingerprint density at radius 2 is 1.62 bits per heavy atom. The molecule has 25 nitrogen and oxygen atoms in total. The van der Waals surface area contributed by atoms with Crippen LogP contribution in [0.3, 0.4) is 0 Å². The van der Waals surface area contributed by atoms with Crippen LogP contribution in [0.15, 0.2) is 72.4 Å². The number of likely N-dealkylation sites (N-methyl/N-ethyl adjacent to an activating group) is 1. The lowest BCUT2D eigenvalue weighted by atomic mass is 9.78. The number of urea groups is 1. The first kappa shape index (κ1) is 75.0. The molecule has 0 spiro atoms. The van der Waals surface area contributed by atoms with Crippen molar-refractivity contribution in [1.82, 2.24) is 25.3 Å². The highest BCUT2D eigenvalue weighted by atomic mass is 35.5. The van der Waals surface area contributed by atoms with Crippen LogP contribution >= 0.6 is 11.6 Å². The third-order valence-electron chi connectivity index (χ3n) is 18.0. The van der Waals surface area contributed by atoms with Gasteiger partial charge in [0.25, 0.3) is 11.8 Å². The van der Waals surface area contributed by atoms with E-state index in [1.807, 2.05) is 26.8 Å². The summed E-state index contributed by atoms with van der Waals surface area (Å²) in [6.07, 6.45) is 4.80. The topological polar surface area (TPSA) is 330 Å². The number of unbranched alkanes of at least 4 members (excludes halogenated alkanes) is 2. The van der Waals surface area contributed by atoms with Crippen molar-refractivity contribution in [1.29, 1.82) is 0 Å². The first-order valence-corrected chi connectivity index (χ1v) is 32.2. The van der Waals surface area contributed by atoms with E-state index in [1.54, 1.807) is 62.4 Å². The smallest absolute Gasteiger partial charge is 0.409 e. The number of nitrogens with two attached hydrogens (primary N) is 1. The Bertz CT molecular complexity index is 3210. The van der Waals surface area contributed by atoms with Crippen molar-refractivity contribution < 1.29 is 86.3 Å². The molecule has 4 aliphatic rings. The fourth-order valence-corrected chi connectivity index (χ4v) is 12.2. The van der Waals surface area contributed by atoms with Crippen molar-refractivity contribution in [2.24, 2.45) is 23.5 Å². The predicted molar refractivity (Wildman–Crippen MR) is 346 cm³/mol. The summed E-state index contributed by atoms with van der Waals surface area (Å²) in [6, 6.07) is 7.33. The predicted octanol–water partition coefficient (Wildman–Crippen LogP) is 6.18. The number of rotatable bonds is 28. The lowest BCUT2D eigenvalue weighted by Crippen LogP contribution is -2.53. The molecular weight excluding hydrogens is 1240 g/mol. The number of carbonyl (C=O) groups is 11. The number of imide groups is 1. The Morgan fingerprint density at radius 1 is 0.936 bits per heavy atom. The monoisotopic (exact) mass is 1330 g/mol. The number of carbonyl (C=O) groups excluding carboxylic acids is 11. The fraction of sp³-hybridized carbons (Fsp3) is 0.574. The number of nitrogens with zero attached hydrogens (tertiary/aromatic N) is 4. The molecule has 0 radical (unpaired) electrons. The molecule has 2 aromatic rings. The van der Waals surface area contributed by atoms with Gasteiger partial charge in [0.05, 0.1) is 37.8 Å². The van der Waals surface area contributed by atoms with Gasteiger partial charge in [-0.15, -0.1) is 0 Å². The fourth-order valence-electron chi connectivity index (χ4n) is 11.8. The Kier molecular flexibility index (Phi) is 27.1. The van der Waals surface area contributed by atoms with Crippen molar-refractivity contribution in [3.63, 3.8) is 0 Å². The molecule has 2 fully saturated rings. The van der Waals surface area contributed by atoms with Gasteiger partial charge >= 0.3 is 24.1 Å². The molecule has 2 saturated heterocycles. The number of primary amides is 1. The van der Waals surface area contributed by atoms with Crippen molar-refractivity contribution in [2.75, 3.05) is 59.9 Å². The van der Waals surface area contributed by atoms with Crippen LogP contribution in [0.25, 0.3) is 0 Å². The van der Waals surface area contributed by atoms with Crippen LogP contribution in [-0.2, 0) is 86.3 Å². The van der Waals surface area contributed by atoms with Crippen LogP contribution in [0.5, 0.6) is 5.75 Å². The van der Waals surface area contributed by atoms with E-state index in [2.05, 4.69) is 10.6 Å². The summed E-state index contributed by atoms with van der Waals surface area (Å²) in [6.45, 7) is 10.6. The number of epoxide rings is 1. The average molecular weight is 1330 g/mol. The molecule has 2 aromatic carbocycles. The number of allylic oxidation sites excluding steroid dienone is 3. The zero-order valence-corrected chi connectivity index (χ0v) is 56.5. The van der Waals surface area contributed by atoms with Gasteiger partial charge in [-0.05, 0) is 87.6 Å². The number of nitrogens with one attached hydrogen (secondary N) is 2. The zero-order valence-electron chi connectivity index (χ0n) is 55.7. The molecule has 0 aliphatic carbocycles. The number of hydrogen-bond donors (Lipinski definition) is 4. The highest BCUT2D eigenvalue weighted by molar-refractivity contribution is 6.35. The molecule has 6 rings (SSSR count). The van der Waals surface area contributed by atoms with Gasteiger partial charge in [0, 0.05) is 104 Å². The van der Waals surface area contributed by atoms with E-state index >= 15 is 0 Å². The number of amides is 8. The lowest BCUT2D eigenvalue weighted by Gasteiger charge is -2.41. The summed E-state index contributed by atoms with van der Waals surface area (Å²) in [5.74, 6) is -5.43. The van der Waals surface area contributed by atoms with Gasteiger partial charge in [0.15, 0.2) is 5.78 Å². The van der Waals surface area contributed by atoms with Crippen molar-refractivity contribution in [2.45, 2.75) is 179 Å². The van der Waals surface area contributed by atoms with Gasteiger partial charge in [-0.2, -0.15) is 0 Å². The molecule has 4 aliphatic heterocycles. The number of halogens is 1. The number of esters is 2. The highest BCUT2D eigenvalue weighted by Crippen LogP contribution is 2.50. The second-order valence-electron chi connectivity index (χ2n) is 25.5. The van der Waals surface area contributed by atoms with Crippen LogP contribution in [-0.4, -0.2) is 188 Å². The van der Waals surface area contributed by atoms with Crippen molar-refractivity contribution in [3.8, 4) is 5.75 Å². The number of anilines is 1. The van der Waals surface area contributed by atoms with Crippen LogP contribution in [0.1, 0.15) is 129 Å². The summed E-state index contributed by atoms with van der Waals surface area (Å²) in [7, 11) is 7.28. The molecule has 4 heterocycles. The number of ether oxygens (including phenoxy) is 6. The van der Waals surface area contributed by atoms with Crippen LogP contribution in [0, 0.1) is 17.8 Å². The van der Waals surface area contributed by atoms with Crippen LogP contribution in [0.4, 0.5) is 15.3 Å². The van der Waals surface area contributed by atoms with Gasteiger partial charge in [0.2, 0.25) is 17.7 Å². The molecule has 4 bridgehead atoms. The van der Waals surface area contributed by atoms with Gasteiger partial charge in [0.1, 0.15) is 58.7 Å². The molecular formula is C68H92ClN7O18. The van der Waals surface area contributed by atoms with Gasteiger partial charge in [-0.25, -0.2) is 14.4 Å². The Hall–Kier alpha value is -8.00. The third kappa shape index (κ3) is 20.3. The summed E-state index contributed by atoms with van der Waals surface area (Å²) in [5.41, 5.74) is 5.41. The van der Waals surface area contributed by atoms with E-state index in [-0.39, 0.29) is 106 Å². The molecule has 0 saturated carbocycles. The van der Waals surface area contributed by atoms with Crippen LogP contribution < -0.4 is 26.0 Å². The number of aliphatic hydroxyl groups is 1. The van der Waals surface area contributed by atoms with E-state index in [0.29, 0.717) is 54.7 Å². The van der Waals surface area contributed by atoms with E-state index in [1.165, 1.54) is 69.1 Å². The quantitative estimate of drug-likeness (QED) is 0.0243. The summed E-state index contributed by atoms with van der Waals surface area (Å²) < 4.78 is 35.3. The number of Topliss-reactive ketones (excluding diaryl/α,β-unsaturated/α-hetero) is 2. The Morgan fingerprint density at radius 3 is 2.27 bits per heavy atom. The second-order valence-corrected chi connectivity index (χ2v) is 25.8. The van der Waals surface area contributed by atoms with E-state index in [0.717, 1.165) is 16.0 Å². The van der Waals surface area contributed by atoms with Gasteiger partial charge in [-0.1, -0.05) is 86.9 Å². The molecule has 0 aromatic heterocycles. The molecule has 26 heteroatoms. The van der Waals surface area contributed by atoms with E-state index in [9.17, 15) is 57.8 Å².